The normalized spacial score (nSPS) is 14.3. The lowest BCUT2D eigenvalue weighted by atomic mass is 10.1. The Hall–Kier alpha value is -1.42. The van der Waals surface area contributed by atoms with Crippen LogP contribution in [0.25, 0.3) is 0 Å². The largest absolute Gasteiger partial charge is 0.459 e. The molecule has 0 saturated carbocycles. The predicted molar refractivity (Wildman–Crippen MR) is 45.4 cm³/mol. The lowest BCUT2D eigenvalue weighted by Gasteiger charge is -2.20. The summed E-state index contributed by atoms with van der Waals surface area (Å²) in [4.78, 5) is 0. The van der Waals surface area contributed by atoms with Gasteiger partial charge in [0.2, 0.25) is 0 Å². The number of aromatic nitrogens is 3. The third-order valence-corrected chi connectivity index (χ3v) is 2.11. The van der Waals surface area contributed by atoms with Gasteiger partial charge in [-0.1, -0.05) is 5.21 Å². The van der Waals surface area contributed by atoms with Gasteiger partial charge in [-0.15, -0.1) is 5.10 Å². The Morgan fingerprint density at radius 1 is 0.947 bits per heavy atom. The van der Waals surface area contributed by atoms with Crippen molar-refractivity contribution in [1.82, 2.24) is 15.0 Å². The second-order valence-corrected chi connectivity index (χ2v) is 3.89. The molecular formula is C8H7F8N3. The van der Waals surface area contributed by atoms with Gasteiger partial charge < -0.3 is 0 Å². The molecule has 1 aromatic heterocycles. The van der Waals surface area contributed by atoms with E-state index in [2.05, 4.69) is 10.3 Å². The van der Waals surface area contributed by atoms with Crippen molar-refractivity contribution in [3.8, 4) is 0 Å². The van der Waals surface area contributed by atoms with Gasteiger partial charge in [0.1, 0.15) is 0 Å². The second-order valence-electron chi connectivity index (χ2n) is 3.89. The number of halogens is 8. The summed E-state index contributed by atoms with van der Waals surface area (Å²) in [5.41, 5.74) is -4.65. The summed E-state index contributed by atoms with van der Waals surface area (Å²) in [7, 11) is 0. The van der Waals surface area contributed by atoms with E-state index in [-0.39, 0.29) is 4.68 Å². The van der Waals surface area contributed by atoms with Crippen LogP contribution in [0.3, 0.4) is 0 Å². The van der Waals surface area contributed by atoms with Crippen molar-refractivity contribution in [2.45, 2.75) is 38.2 Å². The van der Waals surface area contributed by atoms with E-state index in [1.54, 1.807) is 0 Å². The van der Waals surface area contributed by atoms with E-state index in [9.17, 15) is 35.1 Å². The molecule has 0 fully saturated rings. The molecule has 11 heteroatoms. The summed E-state index contributed by atoms with van der Waals surface area (Å²) >= 11 is 0. The van der Waals surface area contributed by atoms with Gasteiger partial charge in [0.15, 0.2) is 11.4 Å². The van der Waals surface area contributed by atoms with E-state index in [0.717, 1.165) is 13.8 Å². The van der Waals surface area contributed by atoms with Crippen molar-refractivity contribution in [2.24, 2.45) is 0 Å². The Kier molecular flexibility index (Phi) is 3.54. The minimum atomic E-state index is -6.19. The molecular weight excluding hydrogens is 290 g/mol. The molecule has 0 unspecified atom stereocenters. The van der Waals surface area contributed by atoms with E-state index in [1.807, 2.05) is 0 Å². The smallest absolute Gasteiger partial charge is 0.237 e. The van der Waals surface area contributed by atoms with E-state index in [4.69, 9.17) is 0 Å². The van der Waals surface area contributed by atoms with Gasteiger partial charge in [-0.2, -0.15) is 35.1 Å². The quantitative estimate of drug-likeness (QED) is 0.782. The van der Waals surface area contributed by atoms with Gasteiger partial charge in [0, 0.05) is 6.04 Å². The molecule has 110 valence electrons. The molecule has 0 aliphatic heterocycles. The average Bonchev–Trinajstić information content (AvgIpc) is 2.58. The predicted octanol–water partition coefficient (Wildman–Crippen LogP) is 3.53. The van der Waals surface area contributed by atoms with Crippen LogP contribution in [0.1, 0.15) is 31.3 Å². The van der Waals surface area contributed by atoms with Crippen molar-refractivity contribution in [3.05, 3.63) is 11.4 Å². The summed E-state index contributed by atoms with van der Waals surface area (Å²) < 4.78 is 100. The zero-order valence-electron chi connectivity index (χ0n) is 9.44. The number of hydrogen-bond acceptors (Lipinski definition) is 2. The third-order valence-electron chi connectivity index (χ3n) is 2.11. The summed E-state index contributed by atoms with van der Waals surface area (Å²) in [6.07, 6.45) is -11.6. The van der Waals surface area contributed by atoms with Crippen molar-refractivity contribution < 1.29 is 35.1 Å². The number of nitrogens with zero attached hydrogens (tertiary/aromatic N) is 3. The van der Waals surface area contributed by atoms with Crippen LogP contribution in [-0.4, -0.2) is 21.2 Å². The standard InChI is InChI=1S/C8H7F8N3/c1-3(2)19-5(7(11,12)13)4(17-18-19)6(9,10)8(14,15)16/h3H,1-2H3. The maximum Gasteiger partial charge on any atom is 0.459 e. The molecule has 0 aliphatic rings. The van der Waals surface area contributed by atoms with Gasteiger partial charge in [-0.3, -0.25) is 0 Å². The maximum atomic E-state index is 13.0. The highest BCUT2D eigenvalue weighted by molar-refractivity contribution is 5.21. The van der Waals surface area contributed by atoms with Crippen molar-refractivity contribution >= 4 is 0 Å². The molecule has 1 heterocycles. The number of alkyl halides is 8. The first kappa shape index (κ1) is 15.6. The Labute approximate surface area is 101 Å². The number of hydrogen-bond donors (Lipinski definition) is 0. The molecule has 0 amide bonds. The molecule has 1 aromatic rings. The summed E-state index contributed by atoms with van der Waals surface area (Å²) in [6, 6.07) is -1.08. The van der Waals surface area contributed by atoms with E-state index in [0.29, 0.717) is 0 Å². The Morgan fingerprint density at radius 3 is 1.74 bits per heavy atom. The maximum absolute atomic E-state index is 13.0. The summed E-state index contributed by atoms with van der Waals surface area (Å²) in [6.45, 7) is 2.28. The van der Waals surface area contributed by atoms with E-state index >= 15 is 0 Å². The fraction of sp³-hybridized carbons (Fsp3) is 0.750. The van der Waals surface area contributed by atoms with Crippen LogP contribution in [0.2, 0.25) is 0 Å². The zero-order valence-corrected chi connectivity index (χ0v) is 9.44. The van der Waals surface area contributed by atoms with E-state index in [1.165, 1.54) is 0 Å². The summed E-state index contributed by atoms with van der Waals surface area (Å²) in [5, 5.41) is 5.09. The Morgan fingerprint density at radius 2 is 1.42 bits per heavy atom. The number of rotatable bonds is 2. The minimum Gasteiger partial charge on any atom is -0.237 e. The zero-order chi connectivity index (χ0) is 15.2. The highest BCUT2D eigenvalue weighted by atomic mass is 19.4. The Balaban J connectivity index is 3.55. The van der Waals surface area contributed by atoms with Crippen LogP contribution in [-0.2, 0) is 12.1 Å². The third kappa shape index (κ3) is 2.63. The molecule has 0 radical (unpaired) electrons. The highest BCUT2D eigenvalue weighted by Gasteiger charge is 2.64. The van der Waals surface area contributed by atoms with Gasteiger partial charge >= 0.3 is 18.3 Å². The monoisotopic (exact) mass is 297 g/mol. The first-order chi connectivity index (χ1) is 8.30. The van der Waals surface area contributed by atoms with Crippen LogP contribution in [0.5, 0.6) is 0 Å². The van der Waals surface area contributed by atoms with Crippen molar-refractivity contribution in [1.29, 1.82) is 0 Å². The average molecular weight is 297 g/mol. The lowest BCUT2D eigenvalue weighted by Crippen LogP contribution is -2.36. The molecule has 3 nitrogen and oxygen atoms in total. The van der Waals surface area contributed by atoms with Gasteiger partial charge in [0.05, 0.1) is 0 Å². The summed E-state index contributed by atoms with van der Waals surface area (Å²) in [5.74, 6) is -5.73. The first-order valence-electron chi connectivity index (χ1n) is 4.77. The van der Waals surface area contributed by atoms with Crippen LogP contribution in [0, 0.1) is 0 Å². The minimum absolute atomic E-state index is 0.0189. The van der Waals surface area contributed by atoms with Crippen LogP contribution in [0.4, 0.5) is 35.1 Å². The van der Waals surface area contributed by atoms with E-state index < -0.39 is 35.7 Å². The molecule has 0 bridgehead atoms. The molecule has 0 N–H and O–H groups in total. The van der Waals surface area contributed by atoms with Gasteiger partial charge in [-0.25, -0.2) is 4.68 Å². The lowest BCUT2D eigenvalue weighted by molar-refractivity contribution is -0.292. The molecule has 19 heavy (non-hydrogen) atoms. The topological polar surface area (TPSA) is 30.7 Å². The SMILES string of the molecule is CC(C)n1nnc(C(F)(F)C(F)(F)F)c1C(F)(F)F. The fourth-order valence-electron chi connectivity index (χ4n) is 1.26. The first-order valence-corrected chi connectivity index (χ1v) is 4.77. The molecule has 0 saturated heterocycles. The van der Waals surface area contributed by atoms with Crippen LogP contribution < -0.4 is 0 Å². The van der Waals surface area contributed by atoms with Crippen molar-refractivity contribution in [2.75, 3.05) is 0 Å². The Bertz CT molecular complexity index is 456. The van der Waals surface area contributed by atoms with Crippen molar-refractivity contribution in [3.63, 3.8) is 0 Å². The molecule has 0 aromatic carbocycles. The second kappa shape index (κ2) is 4.30. The fourth-order valence-corrected chi connectivity index (χ4v) is 1.26. The highest BCUT2D eigenvalue weighted by Crippen LogP contribution is 2.47. The van der Waals surface area contributed by atoms with Crippen LogP contribution >= 0.6 is 0 Å². The van der Waals surface area contributed by atoms with Gasteiger partial charge in [-0.05, 0) is 13.8 Å². The molecule has 0 spiro atoms. The molecule has 0 aliphatic carbocycles. The molecule has 1 rings (SSSR count). The van der Waals surface area contributed by atoms with Crippen LogP contribution in [0.15, 0.2) is 0 Å². The van der Waals surface area contributed by atoms with Gasteiger partial charge in [0.25, 0.3) is 0 Å². The molecule has 0 atom stereocenters.